The molecule has 0 aliphatic heterocycles. The molecule has 3 fully saturated rings. The molecule has 0 aromatic rings. The van der Waals surface area contributed by atoms with Crippen molar-refractivity contribution in [3.63, 3.8) is 0 Å². The first-order valence-electron chi connectivity index (χ1n) is 7.11. The number of aliphatic hydroxyl groups is 1. The van der Waals surface area contributed by atoms with Crippen molar-refractivity contribution >= 4 is 0 Å². The second-order valence-electron chi connectivity index (χ2n) is 7.51. The molecule has 1 N–H and O–H groups in total. The van der Waals surface area contributed by atoms with Crippen molar-refractivity contribution in [3.8, 4) is 0 Å². The zero-order valence-electron chi connectivity index (χ0n) is 11.0. The number of hydrogen-bond acceptors (Lipinski definition) is 1. The van der Waals surface area contributed by atoms with E-state index in [-0.39, 0.29) is 0 Å². The van der Waals surface area contributed by atoms with Crippen LogP contribution in [0.2, 0.25) is 0 Å². The maximum absolute atomic E-state index is 9.76. The smallest absolute Gasteiger partial charge is 0.0467 e. The quantitative estimate of drug-likeness (QED) is 0.720. The molecule has 3 saturated carbocycles. The van der Waals surface area contributed by atoms with Gasteiger partial charge in [-0.15, -0.1) is 0 Å². The SMILES string of the molecule is CC1(C)CCC[C@]2(C)[C@H](CO)[C@H]3CC[C@@H]2[C@H]31. The second kappa shape index (κ2) is 3.25. The summed E-state index contributed by atoms with van der Waals surface area (Å²) in [6, 6.07) is 0. The summed E-state index contributed by atoms with van der Waals surface area (Å²) in [4.78, 5) is 0. The summed E-state index contributed by atoms with van der Waals surface area (Å²) in [5, 5.41) is 9.76. The number of rotatable bonds is 1. The van der Waals surface area contributed by atoms with E-state index in [0.29, 0.717) is 23.4 Å². The normalized spacial score (nSPS) is 54.0. The zero-order chi connectivity index (χ0) is 11.6. The Morgan fingerprint density at radius 1 is 1.12 bits per heavy atom. The Morgan fingerprint density at radius 2 is 1.88 bits per heavy atom. The minimum atomic E-state index is 0.435. The summed E-state index contributed by atoms with van der Waals surface area (Å²) in [6.07, 6.45) is 6.96. The van der Waals surface area contributed by atoms with Crippen LogP contribution < -0.4 is 0 Å². The van der Waals surface area contributed by atoms with E-state index in [9.17, 15) is 5.11 Å². The minimum absolute atomic E-state index is 0.435. The molecule has 0 amide bonds. The molecule has 1 heteroatoms. The van der Waals surface area contributed by atoms with Gasteiger partial charge >= 0.3 is 0 Å². The third-order valence-corrected chi connectivity index (χ3v) is 6.55. The average molecular weight is 222 g/mol. The van der Waals surface area contributed by atoms with Gasteiger partial charge in [-0.25, -0.2) is 0 Å². The maximum Gasteiger partial charge on any atom is 0.0467 e. The molecular formula is C15H26O. The van der Waals surface area contributed by atoms with Crippen LogP contribution in [0.3, 0.4) is 0 Å². The predicted octanol–water partition coefficient (Wildman–Crippen LogP) is 3.47. The minimum Gasteiger partial charge on any atom is -0.396 e. The van der Waals surface area contributed by atoms with Crippen LogP contribution in [0, 0.1) is 34.5 Å². The highest BCUT2D eigenvalue weighted by Gasteiger charge is 2.64. The van der Waals surface area contributed by atoms with Gasteiger partial charge in [-0.1, -0.05) is 27.2 Å². The Bertz CT molecular complexity index is 296. The summed E-state index contributed by atoms with van der Waals surface area (Å²) in [5.74, 6) is 3.25. The van der Waals surface area contributed by atoms with E-state index in [2.05, 4.69) is 20.8 Å². The topological polar surface area (TPSA) is 20.2 Å². The van der Waals surface area contributed by atoms with Crippen LogP contribution in [0.15, 0.2) is 0 Å². The van der Waals surface area contributed by atoms with E-state index >= 15 is 0 Å². The number of aliphatic hydroxyl groups excluding tert-OH is 1. The summed E-state index contributed by atoms with van der Waals surface area (Å²) in [5.41, 5.74) is 0.990. The monoisotopic (exact) mass is 222 g/mol. The van der Waals surface area contributed by atoms with E-state index in [0.717, 1.165) is 17.8 Å². The van der Waals surface area contributed by atoms with E-state index in [4.69, 9.17) is 0 Å². The molecule has 5 atom stereocenters. The highest BCUT2D eigenvalue weighted by Crippen LogP contribution is 2.70. The average Bonchev–Trinajstić information content (AvgIpc) is 2.68. The van der Waals surface area contributed by atoms with Gasteiger partial charge in [0.2, 0.25) is 0 Å². The van der Waals surface area contributed by atoms with Gasteiger partial charge in [0.15, 0.2) is 0 Å². The van der Waals surface area contributed by atoms with Gasteiger partial charge in [-0.2, -0.15) is 0 Å². The highest BCUT2D eigenvalue weighted by atomic mass is 16.3. The molecule has 0 heterocycles. The molecule has 16 heavy (non-hydrogen) atoms. The molecule has 0 radical (unpaired) electrons. The Kier molecular flexibility index (Phi) is 2.25. The van der Waals surface area contributed by atoms with E-state index in [1.807, 2.05) is 0 Å². The third-order valence-electron chi connectivity index (χ3n) is 6.55. The van der Waals surface area contributed by atoms with E-state index in [1.165, 1.54) is 32.1 Å². The highest BCUT2D eigenvalue weighted by molar-refractivity contribution is 5.12. The van der Waals surface area contributed by atoms with Crippen molar-refractivity contribution in [2.75, 3.05) is 6.61 Å². The molecule has 1 nitrogen and oxygen atoms in total. The van der Waals surface area contributed by atoms with Crippen LogP contribution in [0.4, 0.5) is 0 Å². The summed E-state index contributed by atoms with van der Waals surface area (Å²) >= 11 is 0. The van der Waals surface area contributed by atoms with Crippen LogP contribution in [0.25, 0.3) is 0 Å². The lowest BCUT2D eigenvalue weighted by atomic mass is 9.65. The van der Waals surface area contributed by atoms with Crippen LogP contribution in [0.1, 0.15) is 52.9 Å². The third kappa shape index (κ3) is 1.16. The first-order valence-corrected chi connectivity index (χ1v) is 7.11. The predicted molar refractivity (Wildman–Crippen MR) is 66.0 cm³/mol. The Balaban J connectivity index is 2.04. The van der Waals surface area contributed by atoms with Gasteiger partial charge in [-0.05, 0) is 60.2 Å². The lowest BCUT2D eigenvalue weighted by molar-refractivity contribution is 0.0374. The van der Waals surface area contributed by atoms with Gasteiger partial charge in [0.1, 0.15) is 0 Å². The largest absolute Gasteiger partial charge is 0.396 e. The molecule has 3 rings (SSSR count). The maximum atomic E-state index is 9.76. The molecule has 0 aromatic carbocycles. The summed E-state index contributed by atoms with van der Waals surface area (Å²) < 4.78 is 0. The zero-order valence-corrected chi connectivity index (χ0v) is 11.0. The van der Waals surface area contributed by atoms with Gasteiger partial charge < -0.3 is 5.11 Å². The van der Waals surface area contributed by atoms with E-state index in [1.54, 1.807) is 0 Å². The van der Waals surface area contributed by atoms with Crippen molar-refractivity contribution in [2.24, 2.45) is 34.5 Å². The van der Waals surface area contributed by atoms with Crippen LogP contribution >= 0.6 is 0 Å². The first-order chi connectivity index (χ1) is 7.50. The van der Waals surface area contributed by atoms with Crippen molar-refractivity contribution in [1.29, 1.82) is 0 Å². The molecule has 0 saturated heterocycles. The lowest BCUT2D eigenvalue weighted by Crippen LogP contribution is -2.35. The summed E-state index contributed by atoms with van der Waals surface area (Å²) in [7, 11) is 0. The molecule has 0 aromatic heterocycles. The summed E-state index contributed by atoms with van der Waals surface area (Å²) in [6.45, 7) is 7.87. The molecule has 0 unspecified atom stereocenters. The molecule has 92 valence electrons. The Labute approximate surface area is 99.6 Å². The van der Waals surface area contributed by atoms with Gasteiger partial charge in [-0.3, -0.25) is 0 Å². The standard InChI is InChI=1S/C15H26O/c1-14(2)7-4-8-15(3)11-6-5-10(13(11)14)12(15)9-16/h10-13,16H,4-9H2,1-3H3/t10-,11-,12-,13+,15+/m1/s1. The molecule has 0 spiro atoms. The molecular weight excluding hydrogens is 196 g/mol. The fourth-order valence-corrected chi connectivity index (χ4v) is 5.92. The molecule has 3 aliphatic rings. The lowest BCUT2D eigenvalue weighted by Gasteiger charge is -2.40. The van der Waals surface area contributed by atoms with Crippen molar-refractivity contribution in [2.45, 2.75) is 52.9 Å². The number of hydrogen-bond donors (Lipinski definition) is 1. The Hall–Kier alpha value is -0.0400. The van der Waals surface area contributed by atoms with Gasteiger partial charge in [0, 0.05) is 6.61 Å². The van der Waals surface area contributed by atoms with E-state index < -0.39 is 0 Å². The van der Waals surface area contributed by atoms with Crippen LogP contribution in [-0.2, 0) is 0 Å². The first kappa shape index (κ1) is 11.1. The fraction of sp³-hybridized carbons (Fsp3) is 1.00. The Morgan fingerprint density at radius 3 is 2.56 bits per heavy atom. The van der Waals surface area contributed by atoms with Gasteiger partial charge in [0.05, 0.1) is 0 Å². The molecule has 4 bridgehead atoms. The molecule has 3 aliphatic carbocycles. The second-order valence-corrected chi connectivity index (χ2v) is 7.51. The van der Waals surface area contributed by atoms with Crippen molar-refractivity contribution in [3.05, 3.63) is 0 Å². The van der Waals surface area contributed by atoms with Crippen molar-refractivity contribution < 1.29 is 5.11 Å². The van der Waals surface area contributed by atoms with Crippen LogP contribution in [0.5, 0.6) is 0 Å². The van der Waals surface area contributed by atoms with Crippen LogP contribution in [-0.4, -0.2) is 11.7 Å². The van der Waals surface area contributed by atoms with Crippen molar-refractivity contribution in [1.82, 2.24) is 0 Å². The van der Waals surface area contributed by atoms with Gasteiger partial charge in [0.25, 0.3) is 0 Å². The fourth-order valence-electron chi connectivity index (χ4n) is 5.92.